The smallest absolute Gasteiger partial charge is 0.234 e. The van der Waals surface area contributed by atoms with E-state index in [2.05, 4.69) is 19.8 Å². The first-order valence-corrected chi connectivity index (χ1v) is 8.30. The van der Waals surface area contributed by atoms with Crippen molar-refractivity contribution in [2.24, 2.45) is 0 Å². The van der Waals surface area contributed by atoms with E-state index in [9.17, 15) is 4.79 Å². The Kier molecular flexibility index (Phi) is 3.69. The predicted octanol–water partition coefficient (Wildman–Crippen LogP) is 2.05. The van der Waals surface area contributed by atoms with Gasteiger partial charge in [0.25, 0.3) is 0 Å². The van der Waals surface area contributed by atoms with Gasteiger partial charge in [-0.1, -0.05) is 0 Å². The first-order valence-electron chi connectivity index (χ1n) is 8.30. The molecule has 1 N–H and O–H groups in total. The van der Waals surface area contributed by atoms with Gasteiger partial charge in [-0.25, -0.2) is 4.98 Å². The van der Waals surface area contributed by atoms with Gasteiger partial charge in [-0.2, -0.15) is 0 Å². The Morgan fingerprint density at radius 1 is 1.52 bits per heavy atom. The van der Waals surface area contributed by atoms with Crippen LogP contribution in [0.2, 0.25) is 0 Å². The van der Waals surface area contributed by atoms with Crippen molar-refractivity contribution in [1.82, 2.24) is 19.8 Å². The van der Waals surface area contributed by atoms with E-state index in [1.54, 1.807) is 6.26 Å². The molecule has 6 nitrogen and oxygen atoms in total. The number of nitrogens with zero attached hydrogens (tertiary/aromatic N) is 3. The second-order valence-corrected chi connectivity index (χ2v) is 6.54. The third-order valence-corrected chi connectivity index (χ3v) is 4.68. The van der Waals surface area contributed by atoms with Gasteiger partial charge in [0.2, 0.25) is 5.91 Å². The zero-order valence-electron chi connectivity index (χ0n) is 13.4. The van der Waals surface area contributed by atoms with E-state index in [4.69, 9.17) is 4.42 Å². The highest BCUT2D eigenvalue weighted by atomic mass is 16.3. The van der Waals surface area contributed by atoms with Crippen LogP contribution in [0.4, 0.5) is 0 Å². The van der Waals surface area contributed by atoms with Crippen molar-refractivity contribution < 1.29 is 9.21 Å². The molecular formula is C17H22N4O2. The monoisotopic (exact) mass is 314 g/mol. The molecule has 1 fully saturated rings. The summed E-state index contributed by atoms with van der Waals surface area (Å²) in [6.07, 6.45) is 7.14. The number of fused-ring (bicyclic) bond motifs is 1. The molecule has 1 saturated carbocycles. The maximum Gasteiger partial charge on any atom is 0.234 e. The second-order valence-electron chi connectivity index (χ2n) is 6.54. The minimum absolute atomic E-state index is 0.0268. The maximum atomic E-state index is 12.2. The first kappa shape index (κ1) is 14.5. The van der Waals surface area contributed by atoms with E-state index >= 15 is 0 Å². The minimum atomic E-state index is -0.105. The number of carbonyl (C=O) groups is 1. The Morgan fingerprint density at radius 2 is 2.39 bits per heavy atom. The Hall–Kier alpha value is -2.08. The molecule has 1 atom stereocenters. The number of furan rings is 1. The Morgan fingerprint density at radius 3 is 3.13 bits per heavy atom. The molecule has 0 spiro atoms. The van der Waals surface area contributed by atoms with Crippen molar-refractivity contribution in [3.05, 3.63) is 41.9 Å². The van der Waals surface area contributed by atoms with Gasteiger partial charge in [0, 0.05) is 31.2 Å². The van der Waals surface area contributed by atoms with Crippen molar-refractivity contribution in [3.8, 4) is 0 Å². The number of nitrogens with one attached hydrogen (secondary N) is 1. The van der Waals surface area contributed by atoms with Gasteiger partial charge < -0.3 is 14.3 Å². The van der Waals surface area contributed by atoms with Crippen molar-refractivity contribution in [2.45, 2.75) is 44.8 Å². The standard InChI is InChI=1S/C17H22N4O2/c1-12(16-3-2-8-23-16)19-17(22)10-20-7-6-15-14(9-20)18-11-21(15)13-4-5-13/h2-3,8,11-13H,4-7,9-10H2,1H3,(H,19,22). The Labute approximate surface area is 135 Å². The summed E-state index contributed by atoms with van der Waals surface area (Å²) in [7, 11) is 0. The quantitative estimate of drug-likeness (QED) is 0.917. The van der Waals surface area contributed by atoms with Gasteiger partial charge in [0.15, 0.2) is 0 Å². The molecule has 0 aromatic carbocycles. The number of hydrogen-bond acceptors (Lipinski definition) is 4. The minimum Gasteiger partial charge on any atom is -0.467 e. The summed E-state index contributed by atoms with van der Waals surface area (Å²) >= 11 is 0. The van der Waals surface area contributed by atoms with Crippen LogP contribution in [0.25, 0.3) is 0 Å². The lowest BCUT2D eigenvalue weighted by Crippen LogP contribution is -2.40. The lowest BCUT2D eigenvalue weighted by molar-refractivity contribution is -0.123. The van der Waals surface area contributed by atoms with Crippen LogP contribution in [0.15, 0.2) is 29.1 Å². The summed E-state index contributed by atoms with van der Waals surface area (Å²) in [6.45, 7) is 4.01. The molecule has 2 aliphatic rings. The number of amides is 1. The summed E-state index contributed by atoms with van der Waals surface area (Å²) in [5.74, 6) is 0.807. The van der Waals surface area contributed by atoms with Crippen LogP contribution < -0.4 is 5.32 Å². The topological polar surface area (TPSA) is 63.3 Å². The van der Waals surface area contributed by atoms with Gasteiger partial charge in [0.1, 0.15) is 5.76 Å². The maximum absolute atomic E-state index is 12.2. The van der Waals surface area contributed by atoms with Crippen LogP contribution in [0.3, 0.4) is 0 Å². The van der Waals surface area contributed by atoms with Gasteiger partial charge in [-0.3, -0.25) is 9.69 Å². The summed E-state index contributed by atoms with van der Waals surface area (Å²) in [6, 6.07) is 4.28. The molecule has 4 rings (SSSR count). The summed E-state index contributed by atoms with van der Waals surface area (Å²) < 4.78 is 7.66. The molecule has 23 heavy (non-hydrogen) atoms. The fraction of sp³-hybridized carbons (Fsp3) is 0.529. The zero-order chi connectivity index (χ0) is 15.8. The van der Waals surface area contributed by atoms with Crippen LogP contribution in [0, 0.1) is 0 Å². The normalized spacial score (nSPS) is 19.3. The van der Waals surface area contributed by atoms with Gasteiger partial charge in [-0.15, -0.1) is 0 Å². The van der Waals surface area contributed by atoms with E-state index in [0.29, 0.717) is 12.6 Å². The summed E-state index contributed by atoms with van der Waals surface area (Å²) in [4.78, 5) is 18.9. The number of rotatable bonds is 5. The van der Waals surface area contributed by atoms with E-state index in [-0.39, 0.29) is 11.9 Å². The fourth-order valence-corrected chi connectivity index (χ4v) is 3.29. The van der Waals surface area contributed by atoms with Crippen LogP contribution in [0.5, 0.6) is 0 Å². The summed E-state index contributed by atoms with van der Waals surface area (Å²) in [5.41, 5.74) is 2.50. The number of carbonyl (C=O) groups excluding carboxylic acids is 1. The van der Waals surface area contributed by atoms with Gasteiger partial charge >= 0.3 is 0 Å². The lowest BCUT2D eigenvalue weighted by atomic mass is 10.1. The molecular weight excluding hydrogens is 292 g/mol. The van der Waals surface area contributed by atoms with Crippen molar-refractivity contribution in [3.63, 3.8) is 0 Å². The number of imidazole rings is 1. The molecule has 0 radical (unpaired) electrons. The van der Waals surface area contributed by atoms with Crippen molar-refractivity contribution in [1.29, 1.82) is 0 Å². The number of hydrogen-bond donors (Lipinski definition) is 1. The summed E-state index contributed by atoms with van der Waals surface area (Å²) in [5, 5.41) is 2.99. The van der Waals surface area contributed by atoms with Crippen LogP contribution in [-0.4, -0.2) is 33.4 Å². The Balaban J connectivity index is 1.33. The van der Waals surface area contributed by atoms with E-state index in [0.717, 1.165) is 31.0 Å². The van der Waals surface area contributed by atoms with Crippen LogP contribution in [-0.2, 0) is 17.8 Å². The fourth-order valence-electron chi connectivity index (χ4n) is 3.29. The lowest BCUT2D eigenvalue weighted by Gasteiger charge is -2.26. The number of aromatic nitrogens is 2. The molecule has 2 aromatic rings. The van der Waals surface area contributed by atoms with E-state index in [1.807, 2.05) is 25.4 Å². The molecule has 2 aromatic heterocycles. The van der Waals surface area contributed by atoms with E-state index < -0.39 is 0 Å². The van der Waals surface area contributed by atoms with Gasteiger partial charge in [-0.05, 0) is 31.9 Å². The van der Waals surface area contributed by atoms with E-state index in [1.165, 1.54) is 18.5 Å². The predicted molar refractivity (Wildman–Crippen MR) is 84.7 cm³/mol. The molecule has 1 aliphatic carbocycles. The molecule has 122 valence electrons. The van der Waals surface area contributed by atoms with Crippen LogP contribution in [0.1, 0.15) is 49.0 Å². The third kappa shape index (κ3) is 3.03. The largest absolute Gasteiger partial charge is 0.467 e. The molecule has 3 heterocycles. The molecule has 1 aliphatic heterocycles. The molecule has 6 heteroatoms. The average Bonchev–Trinajstić information content (AvgIpc) is 3.07. The highest BCUT2D eigenvalue weighted by molar-refractivity contribution is 5.78. The molecule has 1 amide bonds. The van der Waals surface area contributed by atoms with Gasteiger partial charge in [0.05, 0.1) is 30.9 Å². The zero-order valence-corrected chi connectivity index (χ0v) is 13.4. The van der Waals surface area contributed by atoms with Crippen molar-refractivity contribution in [2.75, 3.05) is 13.1 Å². The highest BCUT2D eigenvalue weighted by Gasteiger charge is 2.30. The first-order chi connectivity index (χ1) is 11.2. The SMILES string of the molecule is CC(NC(=O)CN1CCc2c(ncn2C2CC2)C1)c1ccco1. The molecule has 0 bridgehead atoms. The van der Waals surface area contributed by atoms with Crippen molar-refractivity contribution >= 4 is 5.91 Å². The average molecular weight is 314 g/mol. The Bertz CT molecular complexity index is 688. The third-order valence-electron chi connectivity index (χ3n) is 4.68. The second kappa shape index (κ2) is 5.85. The molecule has 1 unspecified atom stereocenters. The highest BCUT2D eigenvalue weighted by Crippen LogP contribution is 2.37. The van der Waals surface area contributed by atoms with Crippen LogP contribution >= 0.6 is 0 Å². The molecule has 0 saturated heterocycles.